The molecule has 1 aliphatic heterocycles. The number of methoxy groups -OCH3 is 1. The van der Waals surface area contributed by atoms with Crippen LogP contribution in [0.4, 0.5) is 0 Å². The minimum absolute atomic E-state index is 0.0321. The standard InChI is InChI=1S/C18H30N2O3/c1-19(10-11-23-2)17(21)13-6-5-9-20(12-13)18(22)16-14-7-3-4-8-15(14)16/h13-16H,3-12H2,1-2H3/t13-,14+,15+/m1/s1. The van der Waals surface area contributed by atoms with Gasteiger partial charge in [0.05, 0.1) is 12.5 Å². The Balaban J connectivity index is 1.53. The lowest BCUT2D eigenvalue weighted by atomic mass is 9.96. The van der Waals surface area contributed by atoms with Gasteiger partial charge < -0.3 is 14.5 Å². The number of fused-ring (bicyclic) bond motifs is 1. The van der Waals surface area contributed by atoms with Gasteiger partial charge in [0, 0.05) is 39.7 Å². The summed E-state index contributed by atoms with van der Waals surface area (Å²) in [7, 11) is 3.48. The SMILES string of the molecule is COCCN(C)C(=O)[C@@H]1CCCN(C(=O)C2[C@H]3CCCC[C@H]23)C1. The van der Waals surface area contributed by atoms with E-state index in [1.807, 2.05) is 11.9 Å². The molecule has 2 aliphatic carbocycles. The highest BCUT2D eigenvalue weighted by atomic mass is 16.5. The number of hydrogen-bond acceptors (Lipinski definition) is 3. The van der Waals surface area contributed by atoms with E-state index >= 15 is 0 Å². The molecule has 130 valence electrons. The van der Waals surface area contributed by atoms with Gasteiger partial charge in [0.1, 0.15) is 0 Å². The molecule has 3 atom stereocenters. The van der Waals surface area contributed by atoms with Gasteiger partial charge in [-0.25, -0.2) is 0 Å². The summed E-state index contributed by atoms with van der Waals surface area (Å²) in [5.74, 6) is 2.04. The number of hydrogen-bond donors (Lipinski definition) is 0. The maximum Gasteiger partial charge on any atom is 0.227 e. The number of ether oxygens (including phenoxy) is 1. The predicted octanol–water partition coefficient (Wildman–Crippen LogP) is 1.77. The normalized spacial score (nSPS) is 33.0. The Kier molecular flexibility index (Phi) is 5.24. The molecule has 5 nitrogen and oxygen atoms in total. The third kappa shape index (κ3) is 3.54. The van der Waals surface area contributed by atoms with Gasteiger partial charge in [-0.1, -0.05) is 12.8 Å². The second-order valence-corrected chi connectivity index (χ2v) is 7.51. The Morgan fingerprint density at radius 2 is 1.83 bits per heavy atom. The van der Waals surface area contributed by atoms with Crippen LogP contribution in [0.1, 0.15) is 38.5 Å². The van der Waals surface area contributed by atoms with E-state index in [2.05, 4.69) is 0 Å². The third-order valence-electron chi connectivity index (χ3n) is 6.03. The second-order valence-electron chi connectivity index (χ2n) is 7.51. The molecule has 3 rings (SSSR count). The fourth-order valence-electron chi connectivity index (χ4n) is 4.60. The van der Waals surface area contributed by atoms with Crippen molar-refractivity contribution >= 4 is 11.8 Å². The summed E-state index contributed by atoms with van der Waals surface area (Å²) in [6, 6.07) is 0. The van der Waals surface area contributed by atoms with Crippen LogP contribution in [-0.2, 0) is 14.3 Å². The summed E-state index contributed by atoms with van der Waals surface area (Å²) in [6.45, 7) is 2.63. The zero-order valence-corrected chi connectivity index (χ0v) is 14.5. The van der Waals surface area contributed by atoms with Gasteiger partial charge in [-0.3, -0.25) is 9.59 Å². The smallest absolute Gasteiger partial charge is 0.227 e. The first-order chi connectivity index (χ1) is 11.1. The number of amides is 2. The number of piperidine rings is 1. The monoisotopic (exact) mass is 322 g/mol. The minimum Gasteiger partial charge on any atom is -0.383 e. The molecule has 0 unspecified atom stereocenters. The number of carbonyl (C=O) groups is 2. The lowest BCUT2D eigenvalue weighted by Crippen LogP contribution is -2.47. The summed E-state index contributed by atoms with van der Waals surface area (Å²) < 4.78 is 5.04. The Hall–Kier alpha value is -1.10. The zero-order chi connectivity index (χ0) is 16.4. The summed E-state index contributed by atoms with van der Waals surface area (Å²) in [4.78, 5) is 29.1. The molecule has 0 radical (unpaired) electrons. The highest BCUT2D eigenvalue weighted by Crippen LogP contribution is 2.56. The number of likely N-dealkylation sites (N-methyl/N-ethyl adjacent to an activating group) is 1. The maximum atomic E-state index is 12.8. The fourth-order valence-corrected chi connectivity index (χ4v) is 4.60. The number of carbonyl (C=O) groups excluding carboxylic acids is 2. The lowest BCUT2D eigenvalue weighted by Gasteiger charge is -2.34. The minimum atomic E-state index is -0.0321. The molecule has 23 heavy (non-hydrogen) atoms. The number of rotatable bonds is 5. The van der Waals surface area contributed by atoms with Crippen molar-refractivity contribution in [2.45, 2.75) is 38.5 Å². The molecule has 0 aromatic rings. The van der Waals surface area contributed by atoms with Crippen molar-refractivity contribution in [2.24, 2.45) is 23.7 Å². The van der Waals surface area contributed by atoms with E-state index in [9.17, 15) is 9.59 Å². The molecule has 0 spiro atoms. The van der Waals surface area contributed by atoms with Gasteiger partial charge in [0.2, 0.25) is 11.8 Å². The van der Waals surface area contributed by atoms with E-state index in [1.165, 1.54) is 25.7 Å². The van der Waals surface area contributed by atoms with Crippen molar-refractivity contribution in [1.29, 1.82) is 0 Å². The molecular weight excluding hydrogens is 292 g/mol. The van der Waals surface area contributed by atoms with Crippen LogP contribution in [0.25, 0.3) is 0 Å². The Bertz CT molecular complexity index is 442. The van der Waals surface area contributed by atoms with Crippen LogP contribution in [-0.4, -0.2) is 62.0 Å². The number of nitrogens with zero attached hydrogens (tertiary/aromatic N) is 2. The highest BCUT2D eigenvalue weighted by molar-refractivity contribution is 5.84. The molecular formula is C18H30N2O3. The van der Waals surface area contributed by atoms with Crippen molar-refractivity contribution in [1.82, 2.24) is 9.80 Å². The average molecular weight is 322 g/mol. The Labute approximate surface area is 139 Å². The van der Waals surface area contributed by atoms with Crippen LogP contribution in [0.2, 0.25) is 0 Å². The van der Waals surface area contributed by atoms with Crippen LogP contribution in [0.3, 0.4) is 0 Å². The van der Waals surface area contributed by atoms with Gasteiger partial charge in [-0.15, -0.1) is 0 Å². The zero-order valence-electron chi connectivity index (χ0n) is 14.5. The Morgan fingerprint density at radius 1 is 1.13 bits per heavy atom. The quantitative estimate of drug-likeness (QED) is 0.775. The van der Waals surface area contributed by atoms with E-state index in [0.717, 1.165) is 19.4 Å². The third-order valence-corrected chi connectivity index (χ3v) is 6.03. The Morgan fingerprint density at radius 3 is 2.48 bits per heavy atom. The summed E-state index contributed by atoms with van der Waals surface area (Å²) >= 11 is 0. The van der Waals surface area contributed by atoms with Crippen molar-refractivity contribution in [3.8, 4) is 0 Å². The maximum absolute atomic E-state index is 12.8. The van der Waals surface area contributed by atoms with Crippen LogP contribution >= 0.6 is 0 Å². The predicted molar refractivity (Wildman–Crippen MR) is 87.8 cm³/mol. The van der Waals surface area contributed by atoms with Crippen molar-refractivity contribution in [3.63, 3.8) is 0 Å². The van der Waals surface area contributed by atoms with Crippen LogP contribution in [0.5, 0.6) is 0 Å². The highest BCUT2D eigenvalue weighted by Gasteiger charge is 2.56. The summed E-state index contributed by atoms with van der Waals surface area (Å²) in [6.07, 6.45) is 6.89. The first-order valence-electron chi connectivity index (χ1n) is 9.16. The molecule has 1 saturated heterocycles. The molecule has 0 N–H and O–H groups in total. The second kappa shape index (κ2) is 7.20. The van der Waals surface area contributed by atoms with Gasteiger partial charge in [0.15, 0.2) is 0 Å². The molecule has 2 saturated carbocycles. The van der Waals surface area contributed by atoms with Crippen molar-refractivity contribution in [3.05, 3.63) is 0 Å². The molecule has 1 heterocycles. The molecule has 0 bridgehead atoms. The van der Waals surface area contributed by atoms with Gasteiger partial charge >= 0.3 is 0 Å². The molecule has 0 aromatic heterocycles. The van der Waals surface area contributed by atoms with E-state index in [-0.39, 0.29) is 17.7 Å². The first-order valence-corrected chi connectivity index (χ1v) is 9.16. The van der Waals surface area contributed by atoms with Crippen molar-refractivity contribution in [2.75, 3.05) is 40.4 Å². The molecule has 2 amide bonds. The summed E-state index contributed by atoms with van der Waals surface area (Å²) in [5.41, 5.74) is 0. The molecule has 3 fully saturated rings. The molecule has 3 aliphatic rings. The number of likely N-dealkylation sites (tertiary alicyclic amines) is 1. The van der Waals surface area contributed by atoms with E-state index in [0.29, 0.717) is 37.4 Å². The van der Waals surface area contributed by atoms with Gasteiger partial charge in [0.25, 0.3) is 0 Å². The van der Waals surface area contributed by atoms with Crippen molar-refractivity contribution < 1.29 is 14.3 Å². The van der Waals surface area contributed by atoms with Crippen LogP contribution in [0.15, 0.2) is 0 Å². The van der Waals surface area contributed by atoms with Crippen LogP contribution < -0.4 is 0 Å². The fraction of sp³-hybridized carbons (Fsp3) is 0.889. The van der Waals surface area contributed by atoms with Gasteiger partial charge in [-0.05, 0) is 37.5 Å². The first kappa shape index (κ1) is 16.7. The lowest BCUT2D eigenvalue weighted by molar-refractivity contribution is -0.141. The van der Waals surface area contributed by atoms with E-state index in [1.54, 1.807) is 12.0 Å². The largest absolute Gasteiger partial charge is 0.383 e. The molecule has 0 aromatic carbocycles. The topological polar surface area (TPSA) is 49.9 Å². The average Bonchev–Trinajstić information content (AvgIpc) is 3.32. The molecule has 5 heteroatoms. The summed E-state index contributed by atoms with van der Waals surface area (Å²) in [5, 5.41) is 0. The van der Waals surface area contributed by atoms with Crippen LogP contribution in [0, 0.1) is 23.7 Å². The van der Waals surface area contributed by atoms with E-state index < -0.39 is 0 Å². The van der Waals surface area contributed by atoms with E-state index in [4.69, 9.17) is 4.74 Å². The van der Waals surface area contributed by atoms with Gasteiger partial charge in [-0.2, -0.15) is 0 Å².